The maximum absolute atomic E-state index is 12.6. The predicted molar refractivity (Wildman–Crippen MR) is 98.1 cm³/mol. The number of carbonyl (C=O) groups excluding carboxylic acids is 2. The Morgan fingerprint density at radius 3 is 2.08 bits per heavy atom. The van der Waals surface area contributed by atoms with Crippen LogP contribution in [0, 0.1) is 30.6 Å². The molecule has 2 aromatic rings. The van der Waals surface area contributed by atoms with E-state index in [2.05, 4.69) is 10.6 Å². The van der Waals surface area contributed by atoms with Crippen molar-refractivity contribution >= 4 is 23.2 Å². The highest BCUT2D eigenvalue weighted by Crippen LogP contribution is 2.23. The van der Waals surface area contributed by atoms with Crippen LogP contribution in [0.4, 0.5) is 11.4 Å². The highest BCUT2D eigenvalue weighted by atomic mass is 16.2. The van der Waals surface area contributed by atoms with E-state index < -0.39 is 17.2 Å². The molecule has 0 aliphatic rings. The van der Waals surface area contributed by atoms with Crippen LogP contribution in [0.5, 0.6) is 0 Å². The fourth-order valence-electron chi connectivity index (χ4n) is 2.16. The van der Waals surface area contributed by atoms with Crippen LogP contribution >= 0.6 is 0 Å². The summed E-state index contributed by atoms with van der Waals surface area (Å²) in [4.78, 5) is 25.1. The summed E-state index contributed by atoms with van der Waals surface area (Å²) in [5.41, 5.74) is 2.49. The molecule has 0 radical (unpaired) electrons. The molecule has 0 saturated heterocycles. The second-order valence-electron chi connectivity index (χ2n) is 6.52. The summed E-state index contributed by atoms with van der Waals surface area (Å²) in [5, 5.41) is 14.4. The van der Waals surface area contributed by atoms with E-state index in [-0.39, 0.29) is 0 Å². The molecule has 0 atom stereocenters. The standard InChI is InChI=1S/C20H21N3O2/c1-13-8-9-17(10-14(13)2)23-19(25)20(3,4)18(24)22-16-7-5-6-15(11-16)12-21/h5-11H,1-4H3,(H,22,24)(H,23,25). The van der Waals surface area contributed by atoms with Crippen LogP contribution in [0.2, 0.25) is 0 Å². The fraction of sp³-hybridized carbons (Fsp3) is 0.250. The molecule has 128 valence electrons. The summed E-state index contributed by atoms with van der Waals surface area (Å²) < 4.78 is 0. The molecule has 2 rings (SSSR count). The van der Waals surface area contributed by atoms with E-state index in [9.17, 15) is 9.59 Å². The minimum atomic E-state index is -1.28. The Bertz CT molecular complexity index is 863. The molecule has 2 aromatic carbocycles. The molecule has 0 bridgehead atoms. The lowest BCUT2D eigenvalue weighted by molar-refractivity contribution is -0.135. The second-order valence-corrected chi connectivity index (χ2v) is 6.52. The molecule has 2 N–H and O–H groups in total. The van der Waals surface area contributed by atoms with Gasteiger partial charge in [-0.05, 0) is 69.2 Å². The van der Waals surface area contributed by atoms with Gasteiger partial charge in [-0.2, -0.15) is 5.26 Å². The molecule has 0 unspecified atom stereocenters. The number of hydrogen-bond acceptors (Lipinski definition) is 3. The summed E-state index contributed by atoms with van der Waals surface area (Å²) in [6, 6.07) is 14.2. The highest BCUT2D eigenvalue weighted by molar-refractivity contribution is 6.14. The largest absolute Gasteiger partial charge is 0.325 e. The summed E-state index contributed by atoms with van der Waals surface area (Å²) in [5.74, 6) is -0.839. The monoisotopic (exact) mass is 335 g/mol. The van der Waals surface area contributed by atoms with Crippen molar-refractivity contribution in [3.63, 3.8) is 0 Å². The third kappa shape index (κ3) is 4.24. The molecule has 2 amide bonds. The van der Waals surface area contributed by atoms with Gasteiger partial charge >= 0.3 is 0 Å². The van der Waals surface area contributed by atoms with E-state index in [1.54, 1.807) is 38.1 Å². The smallest absolute Gasteiger partial charge is 0.239 e. The molecule has 0 aromatic heterocycles. The molecule has 0 aliphatic heterocycles. The van der Waals surface area contributed by atoms with Crippen LogP contribution in [0.3, 0.4) is 0 Å². The van der Waals surface area contributed by atoms with E-state index in [4.69, 9.17) is 5.26 Å². The van der Waals surface area contributed by atoms with Crippen LogP contribution in [0.1, 0.15) is 30.5 Å². The molecular formula is C20H21N3O2. The molecule has 0 fully saturated rings. The van der Waals surface area contributed by atoms with Crippen molar-refractivity contribution in [2.24, 2.45) is 5.41 Å². The molecule has 0 saturated carbocycles. The van der Waals surface area contributed by atoms with E-state index >= 15 is 0 Å². The van der Waals surface area contributed by atoms with Crippen molar-refractivity contribution < 1.29 is 9.59 Å². The van der Waals surface area contributed by atoms with Gasteiger partial charge in [0.2, 0.25) is 11.8 Å². The van der Waals surface area contributed by atoms with Crippen LogP contribution in [-0.4, -0.2) is 11.8 Å². The van der Waals surface area contributed by atoms with Crippen LogP contribution in [-0.2, 0) is 9.59 Å². The Morgan fingerprint density at radius 2 is 1.52 bits per heavy atom. The van der Waals surface area contributed by atoms with Gasteiger partial charge in [0.05, 0.1) is 11.6 Å². The van der Waals surface area contributed by atoms with Crippen molar-refractivity contribution in [3.05, 3.63) is 59.2 Å². The predicted octanol–water partition coefficient (Wildman–Crippen LogP) is 3.78. The number of rotatable bonds is 4. The summed E-state index contributed by atoms with van der Waals surface area (Å²) >= 11 is 0. The zero-order chi connectivity index (χ0) is 18.6. The van der Waals surface area contributed by atoms with E-state index in [0.717, 1.165) is 11.1 Å². The van der Waals surface area contributed by atoms with Gasteiger partial charge in [-0.15, -0.1) is 0 Å². The van der Waals surface area contributed by atoms with Crippen molar-refractivity contribution in [1.29, 1.82) is 5.26 Å². The molecule has 0 spiro atoms. The number of nitriles is 1. The molecular weight excluding hydrogens is 314 g/mol. The van der Waals surface area contributed by atoms with Gasteiger partial charge in [0.25, 0.3) is 0 Å². The topological polar surface area (TPSA) is 82.0 Å². The summed E-state index contributed by atoms with van der Waals surface area (Å²) in [7, 11) is 0. The second kappa shape index (κ2) is 7.18. The zero-order valence-electron chi connectivity index (χ0n) is 14.8. The van der Waals surface area contributed by atoms with Gasteiger partial charge < -0.3 is 10.6 Å². The Morgan fingerprint density at radius 1 is 0.920 bits per heavy atom. The Labute approximate surface area is 147 Å². The summed E-state index contributed by atoms with van der Waals surface area (Å²) in [6.45, 7) is 7.08. The average molecular weight is 335 g/mol. The minimum absolute atomic E-state index is 0.398. The molecule has 25 heavy (non-hydrogen) atoms. The van der Waals surface area contributed by atoms with Gasteiger partial charge in [0, 0.05) is 11.4 Å². The first-order chi connectivity index (χ1) is 11.7. The number of amides is 2. The van der Waals surface area contributed by atoms with E-state index in [0.29, 0.717) is 16.9 Å². The highest BCUT2D eigenvalue weighted by Gasteiger charge is 2.36. The van der Waals surface area contributed by atoms with Gasteiger partial charge in [0.15, 0.2) is 0 Å². The Balaban J connectivity index is 2.12. The fourth-order valence-corrected chi connectivity index (χ4v) is 2.16. The lowest BCUT2D eigenvalue weighted by Crippen LogP contribution is -2.41. The normalized spacial score (nSPS) is 10.7. The van der Waals surface area contributed by atoms with Crippen molar-refractivity contribution in [2.45, 2.75) is 27.7 Å². The van der Waals surface area contributed by atoms with Gasteiger partial charge in [-0.3, -0.25) is 9.59 Å². The molecule has 0 heterocycles. The first-order valence-corrected chi connectivity index (χ1v) is 7.94. The Kier molecular flexibility index (Phi) is 5.23. The molecule has 0 aliphatic carbocycles. The van der Waals surface area contributed by atoms with Crippen molar-refractivity contribution in [3.8, 4) is 6.07 Å². The molecule has 5 heteroatoms. The lowest BCUT2D eigenvalue weighted by Gasteiger charge is -2.23. The quantitative estimate of drug-likeness (QED) is 0.834. The van der Waals surface area contributed by atoms with Crippen LogP contribution < -0.4 is 10.6 Å². The first-order valence-electron chi connectivity index (χ1n) is 7.94. The van der Waals surface area contributed by atoms with Crippen molar-refractivity contribution in [1.82, 2.24) is 0 Å². The van der Waals surface area contributed by atoms with Gasteiger partial charge in [-0.1, -0.05) is 12.1 Å². The number of nitrogens with zero attached hydrogens (tertiary/aromatic N) is 1. The minimum Gasteiger partial charge on any atom is -0.325 e. The average Bonchev–Trinajstić information content (AvgIpc) is 2.58. The third-order valence-electron chi connectivity index (χ3n) is 4.15. The van der Waals surface area contributed by atoms with Gasteiger partial charge in [-0.25, -0.2) is 0 Å². The van der Waals surface area contributed by atoms with Gasteiger partial charge in [0.1, 0.15) is 5.41 Å². The van der Waals surface area contributed by atoms with Crippen LogP contribution in [0.25, 0.3) is 0 Å². The maximum atomic E-state index is 12.6. The number of hydrogen-bond donors (Lipinski definition) is 2. The van der Waals surface area contributed by atoms with Crippen molar-refractivity contribution in [2.75, 3.05) is 10.6 Å². The number of nitrogens with one attached hydrogen (secondary N) is 2. The van der Waals surface area contributed by atoms with E-state index in [1.165, 1.54) is 0 Å². The first kappa shape index (κ1) is 18.2. The maximum Gasteiger partial charge on any atom is 0.239 e. The van der Waals surface area contributed by atoms with E-state index in [1.807, 2.05) is 38.1 Å². The summed E-state index contributed by atoms with van der Waals surface area (Å²) in [6.07, 6.45) is 0. The SMILES string of the molecule is Cc1ccc(NC(=O)C(C)(C)C(=O)Nc2cccc(C#N)c2)cc1C. The lowest BCUT2D eigenvalue weighted by atomic mass is 9.90. The van der Waals surface area contributed by atoms with Crippen LogP contribution in [0.15, 0.2) is 42.5 Å². The third-order valence-corrected chi connectivity index (χ3v) is 4.15. The number of carbonyl (C=O) groups is 2. The zero-order valence-corrected chi connectivity index (χ0v) is 14.8. The number of benzene rings is 2. The molecule has 5 nitrogen and oxygen atoms in total. The number of aryl methyl sites for hydroxylation is 2. The number of anilines is 2. The Hall–Kier alpha value is -3.13.